The number of anilines is 1. The average Bonchev–Trinajstić information content (AvgIpc) is 2.40. The highest BCUT2D eigenvalue weighted by Crippen LogP contribution is 2.23. The largest absolute Gasteiger partial charge is 0.378 e. The number of hydrogen-bond acceptors (Lipinski definition) is 3. The van der Waals surface area contributed by atoms with Crippen LogP contribution >= 0.6 is 15.9 Å². The summed E-state index contributed by atoms with van der Waals surface area (Å²) in [4.78, 5) is 6.98. The van der Waals surface area contributed by atoms with Crippen molar-refractivity contribution < 1.29 is 4.74 Å². The molecule has 2 heterocycles. The summed E-state index contributed by atoms with van der Waals surface area (Å²) in [5, 5.41) is 0.869. The topological polar surface area (TPSA) is 25.4 Å². The molecule has 0 radical (unpaired) electrons. The number of nitrogens with zero attached hydrogens (tertiary/aromatic N) is 2. The summed E-state index contributed by atoms with van der Waals surface area (Å²) in [6.07, 6.45) is 4.61. The fourth-order valence-electron chi connectivity index (χ4n) is 2.50. The maximum absolute atomic E-state index is 5.68. The predicted molar refractivity (Wildman–Crippen MR) is 78.5 cm³/mol. The second-order valence-electron chi connectivity index (χ2n) is 4.76. The molecule has 0 aliphatic carbocycles. The molecule has 1 aliphatic rings. The highest BCUT2D eigenvalue weighted by atomic mass is 79.9. The van der Waals surface area contributed by atoms with Gasteiger partial charge in [0.05, 0.1) is 6.10 Å². The van der Waals surface area contributed by atoms with E-state index in [1.54, 1.807) is 0 Å². The van der Waals surface area contributed by atoms with Gasteiger partial charge in [0.1, 0.15) is 5.82 Å². The molecule has 100 valence electrons. The Balaban J connectivity index is 2.01. The molecule has 4 heteroatoms. The summed E-state index contributed by atoms with van der Waals surface area (Å²) in [7, 11) is 0. The van der Waals surface area contributed by atoms with Crippen LogP contribution in [0.2, 0.25) is 0 Å². The van der Waals surface area contributed by atoms with E-state index in [0.29, 0.717) is 6.10 Å². The van der Waals surface area contributed by atoms with Gasteiger partial charge in [-0.3, -0.25) is 0 Å². The van der Waals surface area contributed by atoms with Crippen LogP contribution in [0.15, 0.2) is 12.3 Å². The van der Waals surface area contributed by atoms with Crippen molar-refractivity contribution in [1.29, 1.82) is 0 Å². The molecule has 0 bridgehead atoms. The SMILES string of the molecule is CCOC1CCN(c2ncc(CBr)cc2C)CC1. The Morgan fingerprint density at radius 3 is 2.72 bits per heavy atom. The number of piperidine rings is 1. The van der Waals surface area contributed by atoms with Crippen molar-refractivity contribution in [2.75, 3.05) is 24.6 Å². The number of pyridine rings is 1. The summed E-state index contributed by atoms with van der Waals surface area (Å²) >= 11 is 3.47. The van der Waals surface area contributed by atoms with E-state index in [1.807, 2.05) is 6.20 Å². The number of halogens is 1. The maximum Gasteiger partial charge on any atom is 0.131 e. The number of aryl methyl sites for hydroxylation is 1. The van der Waals surface area contributed by atoms with Crippen molar-refractivity contribution in [2.24, 2.45) is 0 Å². The molecule has 2 rings (SSSR count). The molecule has 1 aliphatic heterocycles. The van der Waals surface area contributed by atoms with Gasteiger partial charge < -0.3 is 9.64 Å². The zero-order valence-electron chi connectivity index (χ0n) is 11.2. The average molecular weight is 313 g/mol. The molecule has 0 N–H and O–H groups in total. The van der Waals surface area contributed by atoms with E-state index in [1.165, 1.54) is 11.1 Å². The van der Waals surface area contributed by atoms with Crippen LogP contribution in [0.3, 0.4) is 0 Å². The minimum absolute atomic E-state index is 0.438. The van der Waals surface area contributed by atoms with E-state index < -0.39 is 0 Å². The Labute approximate surface area is 118 Å². The number of hydrogen-bond donors (Lipinski definition) is 0. The lowest BCUT2D eigenvalue weighted by molar-refractivity contribution is 0.0458. The van der Waals surface area contributed by atoms with E-state index in [-0.39, 0.29) is 0 Å². The number of alkyl halides is 1. The third-order valence-corrected chi connectivity index (χ3v) is 4.05. The molecule has 0 spiro atoms. The highest BCUT2D eigenvalue weighted by Gasteiger charge is 2.21. The van der Waals surface area contributed by atoms with Crippen LogP contribution in [0, 0.1) is 6.92 Å². The van der Waals surface area contributed by atoms with Gasteiger partial charge in [-0.1, -0.05) is 22.0 Å². The van der Waals surface area contributed by atoms with E-state index in [9.17, 15) is 0 Å². The van der Waals surface area contributed by atoms with Gasteiger partial charge >= 0.3 is 0 Å². The molecule has 0 amide bonds. The molecule has 1 aromatic heterocycles. The maximum atomic E-state index is 5.68. The summed E-state index contributed by atoms with van der Waals surface area (Å²) < 4.78 is 5.68. The lowest BCUT2D eigenvalue weighted by Gasteiger charge is -2.33. The summed E-state index contributed by atoms with van der Waals surface area (Å²) in [6.45, 7) is 7.13. The summed E-state index contributed by atoms with van der Waals surface area (Å²) in [6, 6.07) is 2.21. The predicted octanol–water partition coefficient (Wildman–Crippen LogP) is 3.29. The molecular weight excluding hydrogens is 292 g/mol. The zero-order chi connectivity index (χ0) is 13.0. The van der Waals surface area contributed by atoms with Crippen molar-refractivity contribution in [1.82, 2.24) is 4.98 Å². The van der Waals surface area contributed by atoms with Crippen molar-refractivity contribution in [3.63, 3.8) is 0 Å². The van der Waals surface area contributed by atoms with Gasteiger partial charge in [-0.2, -0.15) is 0 Å². The molecule has 0 unspecified atom stereocenters. The van der Waals surface area contributed by atoms with E-state index in [0.717, 1.165) is 43.7 Å². The highest BCUT2D eigenvalue weighted by molar-refractivity contribution is 9.08. The van der Waals surface area contributed by atoms with Crippen LogP contribution in [-0.2, 0) is 10.1 Å². The fraction of sp³-hybridized carbons (Fsp3) is 0.643. The van der Waals surface area contributed by atoms with Gasteiger partial charge in [-0.15, -0.1) is 0 Å². The van der Waals surface area contributed by atoms with Crippen molar-refractivity contribution >= 4 is 21.7 Å². The normalized spacial score (nSPS) is 17.2. The molecule has 18 heavy (non-hydrogen) atoms. The Morgan fingerprint density at radius 1 is 1.44 bits per heavy atom. The summed E-state index contributed by atoms with van der Waals surface area (Å²) in [5.74, 6) is 1.13. The summed E-state index contributed by atoms with van der Waals surface area (Å²) in [5.41, 5.74) is 2.50. The first kappa shape index (κ1) is 13.8. The minimum atomic E-state index is 0.438. The number of aromatic nitrogens is 1. The number of rotatable bonds is 4. The van der Waals surface area contributed by atoms with E-state index in [2.05, 4.69) is 45.7 Å². The van der Waals surface area contributed by atoms with Crippen LogP contribution < -0.4 is 4.90 Å². The first-order valence-electron chi connectivity index (χ1n) is 6.62. The Morgan fingerprint density at radius 2 is 2.17 bits per heavy atom. The van der Waals surface area contributed by atoms with E-state index >= 15 is 0 Å². The fourth-order valence-corrected chi connectivity index (χ4v) is 2.81. The second-order valence-corrected chi connectivity index (χ2v) is 5.32. The van der Waals surface area contributed by atoms with Gasteiger partial charge in [0, 0.05) is 31.2 Å². The smallest absolute Gasteiger partial charge is 0.131 e. The first-order chi connectivity index (χ1) is 8.74. The molecule has 1 fully saturated rings. The molecule has 1 aromatic rings. The third kappa shape index (κ3) is 3.23. The Hall–Kier alpha value is -0.610. The zero-order valence-corrected chi connectivity index (χ0v) is 12.7. The van der Waals surface area contributed by atoms with E-state index in [4.69, 9.17) is 4.74 Å². The standard InChI is InChI=1S/C14H21BrN2O/c1-3-18-13-4-6-17(7-5-13)14-11(2)8-12(9-15)10-16-14/h8,10,13H,3-7,9H2,1-2H3. The van der Waals surface area contributed by atoms with Crippen LogP contribution in [0.1, 0.15) is 30.9 Å². The Kier molecular flexibility index (Phi) is 5.01. The lowest BCUT2D eigenvalue weighted by atomic mass is 10.1. The van der Waals surface area contributed by atoms with Crippen molar-refractivity contribution in [3.8, 4) is 0 Å². The monoisotopic (exact) mass is 312 g/mol. The first-order valence-corrected chi connectivity index (χ1v) is 7.74. The van der Waals surface area contributed by atoms with Crippen LogP contribution in [0.25, 0.3) is 0 Å². The van der Waals surface area contributed by atoms with Crippen LogP contribution in [0.4, 0.5) is 5.82 Å². The van der Waals surface area contributed by atoms with Crippen LogP contribution in [0.5, 0.6) is 0 Å². The van der Waals surface area contributed by atoms with Gasteiger partial charge in [0.15, 0.2) is 0 Å². The molecular formula is C14H21BrN2O. The molecule has 0 atom stereocenters. The van der Waals surface area contributed by atoms with Crippen LogP contribution in [-0.4, -0.2) is 30.8 Å². The van der Waals surface area contributed by atoms with Crippen molar-refractivity contribution in [2.45, 2.75) is 38.1 Å². The van der Waals surface area contributed by atoms with Gasteiger partial charge in [0.25, 0.3) is 0 Å². The Bertz CT molecular complexity index is 389. The lowest BCUT2D eigenvalue weighted by Crippen LogP contribution is -2.37. The van der Waals surface area contributed by atoms with Crippen molar-refractivity contribution in [3.05, 3.63) is 23.4 Å². The molecule has 1 saturated heterocycles. The minimum Gasteiger partial charge on any atom is -0.378 e. The van der Waals surface area contributed by atoms with Gasteiger partial charge in [-0.25, -0.2) is 4.98 Å². The second kappa shape index (κ2) is 6.53. The number of ether oxygens (including phenoxy) is 1. The van der Waals surface area contributed by atoms with Gasteiger partial charge in [0.2, 0.25) is 0 Å². The molecule has 0 saturated carbocycles. The third-order valence-electron chi connectivity index (χ3n) is 3.41. The quantitative estimate of drug-likeness (QED) is 0.798. The molecule has 0 aromatic carbocycles. The molecule has 3 nitrogen and oxygen atoms in total. The van der Waals surface area contributed by atoms with Gasteiger partial charge in [-0.05, 0) is 37.8 Å².